The largest absolute Gasteiger partial charge is 0.475 e. The molecule has 0 fully saturated rings. The highest BCUT2D eigenvalue weighted by Crippen LogP contribution is 2.16. The smallest absolute Gasteiger partial charge is 0.376 e. The molecule has 0 aliphatic carbocycles. The molecule has 0 saturated heterocycles. The van der Waals surface area contributed by atoms with Gasteiger partial charge in [-0.3, -0.25) is 4.79 Å². The van der Waals surface area contributed by atoms with Crippen LogP contribution < -0.4 is 0 Å². The van der Waals surface area contributed by atoms with Gasteiger partial charge in [-0.05, 0) is 44.6 Å². The van der Waals surface area contributed by atoms with Crippen LogP contribution in [0.3, 0.4) is 0 Å². The fourth-order valence-corrected chi connectivity index (χ4v) is 1.72. The van der Waals surface area contributed by atoms with E-state index in [1.54, 1.807) is 6.08 Å². The van der Waals surface area contributed by atoms with Gasteiger partial charge in [0.15, 0.2) is 0 Å². The van der Waals surface area contributed by atoms with Crippen molar-refractivity contribution in [2.75, 3.05) is 0 Å². The second-order valence-electron chi connectivity index (χ2n) is 3.57. The van der Waals surface area contributed by atoms with Gasteiger partial charge in [-0.15, -0.1) is 0 Å². The lowest BCUT2D eigenvalue weighted by atomic mass is 10.2. The van der Waals surface area contributed by atoms with Crippen molar-refractivity contribution in [2.24, 2.45) is 0 Å². The van der Waals surface area contributed by atoms with Gasteiger partial charge < -0.3 is 9.67 Å². The number of aliphatic carboxylic acids is 1. The average molecular weight is 221 g/mol. The summed E-state index contributed by atoms with van der Waals surface area (Å²) in [5, 5.41) is 8.43. The normalized spacial score (nSPS) is 10.9. The summed E-state index contributed by atoms with van der Waals surface area (Å²) < 4.78 is 2.10. The molecule has 1 aromatic rings. The van der Waals surface area contributed by atoms with Gasteiger partial charge in [-0.25, -0.2) is 4.79 Å². The molecular weight excluding hydrogens is 206 g/mol. The summed E-state index contributed by atoms with van der Waals surface area (Å²) >= 11 is 0. The van der Waals surface area contributed by atoms with Crippen LogP contribution in [0.15, 0.2) is 12.1 Å². The molecule has 0 radical (unpaired) electrons. The van der Waals surface area contributed by atoms with Gasteiger partial charge in [0.1, 0.15) is 0 Å². The molecule has 1 N–H and O–H groups in total. The molecule has 0 aliphatic rings. The van der Waals surface area contributed by atoms with Gasteiger partial charge in [-0.1, -0.05) is 0 Å². The lowest BCUT2D eigenvalue weighted by Crippen LogP contribution is -2.08. The molecule has 0 bridgehead atoms. The molecule has 1 heterocycles. The Labute approximate surface area is 94.2 Å². The van der Waals surface area contributed by atoms with Gasteiger partial charge in [0, 0.05) is 17.9 Å². The van der Waals surface area contributed by atoms with Crippen molar-refractivity contribution < 1.29 is 14.7 Å². The SMILES string of the molecule is CCn1c(C)cc(/C=C/C(=O)C(=O)O)c1C. The van der Waals surface area contributed by atoms with Crippen molar-refractivity contribution in [1.82, 2.24) is 4.57 Å². The zero-order valence-electron chi connectivity index (χ0n) is 9.65. The minimum atomic E-state index is -1.43. The number of rotatable bonds is 4. The number of carbonyl (C=O) groups is 2. The van der Waals surface area contributed by atoms with E-state index in [0.29, 0.717) is 0 Å². The summed E-state index contributed by atoms with van der Waals surface area (Å²) in [4.78, 5) is 21.2. The molecule has 0 aromatic carbocycles. The van der Waals surface area contributed by atoms with Gasteiger partial charge in [0.05, 0.1) is 0 Å². The first-order chi connectivity index (χ1) is 7.47. The topological polar surface area (TPSA) is 59.3 Å². The third kappa shape index (κ3) is 2.39. The summed E-state index contributed by atoms with van der Waals surface area (Å²) in [6.07, 6.45) is 2.63. The molecule has 86 valence electrons. The number of carbonyl (C=O) groups excluding carboxylic acids is 1. The molecule has 4 heteroatoms. The maximum Gasteiger partial charge on any atom is 0.376 e. The zero-order valence-corrected chi connectivity index (χ0v) is 9.65. The highest BCUT2D eigenvalue weighted by atomic mass is 16.4. The number of hydrogen-bond donors (Lipinski definition) is 1. The van der Waals surface area contributed by atoms with E-state index in [4.69, 9.17) is 5.11 Å². The van der Waals surface area contributed by atoms with E-state index in [9.17, 15) is 9.59 Å². The van der Waals surface area contributed by atoms with Crippen LogP contribution in [0.2, 0.25) is 0 Å². The van der Waals surface area contributed by atoms with Crippen LogP contribution in [0.1, 0.15) is 23.9 Å². The Bertz CT molecular complexity index is 455. The van der Waals surface area contributed by atoms with Crippen molar-refractivity contribution in [3.8, 4) is 0 Å². The summed E-state index contributed by atoms with van der Waals surface area (Å²) in [6, 6.07) is 1.93. The lowest BCUT2D eigenvalue weighted by molar-refractivity contribution is -0.146. The van der Waals surface area contributed by atoms with E-state index in [1.807, 2.05) is 26.8 Å². The fraction of sp³-hybridized carbons (Fsp3) is 0.333. The third-order valence-corrected chi connectivity index (χ3v) is 2.55. The fourth-order valence-electron chi connectivity index (χ4n) is 1.72. The first-order valence-corrected chi connectivity index (χ1v) is 5.09. The Hall–Kier alpha value is -1.84. The van der Waals surface area contributed by atoms with E-state index in [1.165, 1.54) is 0 Å². The molecule has 0 amide bonds. The van der Waals surface area contributed by atoms with E-state index < -0.39 is 11.8 Å². The van der Waals surface area contributed by atoms with Crippen LogP contribution >= 0.6 is 0 Å². The first kappa shape index (κ1) is 12.2. The van der Waals surface area contributed by atoms with Crippen LogP contribution in [-0.4, -0.2) is 21.4 Å². The monoisotopic (exact) mass is 221 g/mol. The van der Waals surface area contributed by atoms with Crippen LogP contribution in [0.4, 0.5) is 0 Å². The summed E-state index contributed by atoms with van der Waals surface area (Å²) in [6.45, 7) is 6.82. The number of ketones is 1. The predicted octanol–water partition coefficient (Wildman–Crippen LogP) is 1.79. The number of nitrogens with zero attached hydrogens (tertiary/aromatic N) is 1. The Morgan fingerprint density at radius 1 is 1.44 bits per heavy atom. The van der Waals surface area contributed by atoms with Crippen LogP contribution in [-0.2, 0) is 16.1 Å². The standard InChI is InChI=1S/C12H15NO3/c1-4-13-8(2)7-10(9(13)3)5-6-11(14)12(15)16/h5-7H,4H2,1-3H3,(H,15,16)/b6-5+. The molecule has 0 atom stereocenters. The number of aryl methyl sites for hydroxylation is 1. The maximum absolute atomic E-state index is 10.9. The second-order valence-corrected chi connectivity index (χ2v) is 3.57. The van der Waals surface area contributed by atoms with Gasteiger partial charge >= 0.3 is 5.97 Å². The summed E-state index contributed by atoms with van der Waals surface area (Å²) in [5.41, 5.74) is 3.02. The molecule has 0 unspecified atom stereocenters. The zero-order chi connectivity index (χ0) is 12.3. The van der Waals surface area contributed by atoms with Crippen molar-refractivity contribution in [3.05, 3.63) is 29.1 Å². The molecule has 0 aliphatic heterocycles. The van der Waals surface area contributed by atoms with Gasteiger partial charge in [-0.2, -0.15) is 0 Å². The number of hydrogen-bond acceptors (Lipinski definition) is 2. The second kappa shape index (κ2) is 4.79. The summed E-state index contributed by atoms with van der Waals surface area (Å²) in [5.74, 6) is -2.33. The molecule has 16 heavy (non-hydrogen) atoms. The van der Waals surface area contributed by atoms with Crippen LogP contribution in [0.5, 0.6) is 0 Å². The Balaban J connectivity index is 2.99. The Kier molecular flexibility index (Phi) is 3.66. The highest BCUT2D eigenvalue weighted by molar-refractivity contribution is 6.38. The quantitative estimate of drug-likeness (QED) is 0.623. The Morgan fingerprint density at radius 3 is 2.50 bits per heavy atom. The molecule has 1 aromatic heterocycles. The van der Waals surface area contributed by atoms with E-state index in [0.717, 1.165) is 29.6 Å². The molecule has 0 spiro atoms. The van der Waals surface area contributed by atoms with Gasteiger partial charge in [0.2, 0.25) is 0 Å². The molecule has 0 saturated carbocycles. The van der Waals surface area contributed by atoms with Crippen molar-refractivity contribution in [1.29, 1.82) is 0 Å². The number of carboxylic acid groups (broad SMARTS) is 1. The van der Waals surface area contributed by atoms with Gasteiger partial charge in [0.25, 0.3) is 5.78 Å². The minimum Gasteiger partial charge on any atom is -0.475 e. The van der Waals surface area contributed by atoms with Crippen molar-refractivity contribution in [2.45, 2.75) is 27.3 Å². The average Bonchev–Trinajstić information content (AvgIpc) is 2.50. The predicted molar refractivity (Wildman–Crippen MR) is 61.3 cm³/mol. The van der Waals surface area contributed by atoms with Crippen LogP contribution in [0.25, 0.3) is 6.08 Å². The first-order valence-electron chi connectivity index (χ1n) is 5.09. The van der Waals surface area contributed by atoms with Crippen LogP contribution in [0, 0.1) is 13.8 Å². The summed E-state index contributed by atoms with van der Waals surface area (Å²) in [7, 11) is 0. The molecule has 4 nitrogen and oxygen atoms in total. The van der Waals surface area contributed by atoms with E-state index in [2.05, 4.69) is 4.57 Å². The van der Waals surface area contributed by atoms with Crippen molar-refractivity contribution in [3.63, 3.8) is 0 Å². The number of carboxylic acids is 1. The minimum absolute atomic E-state index is 0.860. The van der Waals surface area contributed by atoms with E-state index >= 15 is 0 Å². The van der Waals surface area contributed by atoms with Crippen molar-refractivity contribution >= 4 is 17.8 Å². The number of aromatic nitrogens is 1. The van der Waals surface area contributed by atoms with E-state index in [-0.39, 0.29) is 0 Å². The molecule has 1 rings (SSSR count). The molecular formula is C12H15NO3. The maximum atomic E-state index is 10.9. The lowest BCUT2D eigenvalue weighted by Gasteiger charge is -2.04. The highest BCUT2D eigenvalue weighted by Gasteiger charge is 2.08. The third-order valence-electron chi connectivity index (χ3n) is 2.55. The Morgan fingerprint density at radius 2 is 2.06 bits per heavy atom.